The minimum Gasteiger partial charge on any atom is -0.462 e. The number of aliphatic hydroxyl groups is 1. The lowest BCUT2D eigenvalue weighted by Gasteiger charge is -2.30. The van der Waals surface area contributed by atoms with Gasteiger partial charge in [0.1, 0.15) is 12.7 Å². The number of nitrogens with two attached hydrogens (primary N) is 1. The quantitative estimate of drug-likeness (QED) is 0.700. The number of hydrogen-bond donors (Lipinski definition) is 2. The molecule has 0 aliphatic carbocycles. The second-order valence-electron chi connectivity index (χ2n) is 6.11. The van der Waals surface area contributed by atoms with Crippen molar-refractivity contribution in [3.05, 3.63) is 0 Å². The zero-order valence-corrected chi connectivity index (χ0v) is 11.0. The Hall–Kier alpha value is -0.610. The molecule has 0 amide bonds. The molecule has 1 atom stereocenters. The van der Waals surface area contributed by atoms with E-state index in [4.69, 9.17) is 10.5 Å². The van der Waals surface area contributed by atoms with E-state index in [0.717, 1.165) is 6.42 Å². The SMILES string of the molecule is CC(C)(C)CC(C)(C)C(=O)OCC(O)CN. The normalized spacial score (nSPS) is 14.7. The van der Waals surface area contributed by atoms with Crippen LogP contribution in [0.3, 0.4) is 0 Å². The maximum Gasteiger partial charge on any atom is 0.311 e. The van der Waals surface area contributed by atoms with Crippen molar-refractivity contribution in [2.75, 3.05) is 13.2 Å². The third-order valence-electron chi connectivity index (χ3n) is 2.20. The molecule has 0 aromatic carbocycles. The molecule has 0 radical (unpaired) electrons. The maximum absolute atomic E-state index is 11.8. The van der Waals surface area contributed by atoms with E-state index in [2.05, 4.69) is 20.8 Å². The summed E-state index contributed by atoms with van der Waals surface area (Å²) in [6.45, 7) is 10.0. The predicted octanol–water partition coefficient (Wildman–Crippen LogP) is 1.31. The molecule has 0 heterocycles. The van der Waals surface area contributed by atoms with Gasteiger partial charge in [-0.2, -0.15) is 0 Å². The van der Waals surface area contributed by atoms with Crippen LogP contribution in [0.15, 0.2) is 0 Å². The molecule has 0 aromatic heterocycles. The third-order valence-corrected chi connectivity index (χ3v) is 2.20. The fourth-order valence-corrected chi connectivity index (χ4v) is 1.83. The lowest BCUT2D eigenvalue weighted by molar-refractivity contribution is -0.158. The Morgan fingerprint density at radius 2 is 1.81 bits per heavy atom. The van der Waals surface area contributed by atoms with Crippen LogP contribution in [-0.4, -0.2) is 30.3 Å². The van der Waals surface area contributed by atoms with Gasteiger partial charge in [-0.25, -0.2) is 0 Å². The molecule has 0 fully saturated rings. The predicted molar refractivity (Wildman–Crippen MR) is 63.9 cm³/mol. The third kappa shape index (κ3) is 6.08. The highest BCUT2D eigenvalue weighted by molar-refractivity contribution is 5.75. The molecule has 16 heavy (non-hydrogen) atoms. The summed E-state index contributed by atoms with van der Waals surface area (Å²) in [6.07, 6.45) is -0.0354. The number of ether oxygens (including phenoxy) is 1. The van der Waals surface area contributed by atoms with Gasteiger partial charge in [-0.05, 0) is 25.7 Å². The Labute approximate surface area is 98.2 Å². The highest BCUT2D eigenvalue weighted by Gasteiger charge is 2.34. The van der Waals surface area contributed by atoms with Gasteiger partial charge < -0.3 is 15.6 Å². The van der Waals surface area contributed by atoms with Crippen LogP contribution in [0.2, 0.25) is 0 Å². The molecule has 3 N–H and O–H groups in total. The van der Waals surface area contributed by atoms with Crippen LogP contribution in [0.5, 0.6) is 0 Å². The van der Waals surface area contributed by atoms with Gasteiger partial charge in [0.15, 0.2) is 0 Å². The number of aliphatic hydroxyl groups excluding tert-OH is 1. The van der Waals surface area contributed by atoms with Crippen molar-refractivity contribution in [2.24, 2.45) is 16.6 Å². The molecule has 0 bridgehead atoms. The molecule has 0 rings (SSSR count). The van der Waals surface area contributed by atoms with Gasteiger partial charge >= 0.3 is 5.97 Å². The highest BCUT2D eigenvalue weighted by Crippen LogP contribution is 2.34. The largest absolute Gasteiger partial charge is 0.462 e. The zero-order valence-electron chi connectivity index (χ0n) is 11.0. The first-order valence-electron chi connectivity index (χ1n) is 5.64. The van der Waals surface area contributed by atoms with E-state index >= 15 is 0 Å². The van der Waals surface area contributed by atoms with Gasteiger partial charge in [0.05, 0.1) is 5.41 Å². The molecular formula is C12H25NO3. The van der Waals surface area contributed by atoms with Gasteiger partial charge in [-0.3, -0.25) is 4.79 Å². The number of hydrogen-bond acceptors (Lipinski definition) is 4. The first kappa shape index (κ1) is 15.4. The van der Waals surface area contributed by atoms with E-state index in [0.29, 0.717) is 0 Å². The van der Waals surface area contributed by atoms with E-state index in [-0.39, 0.29) is 24.5 Å². The fourth-order valence-electron chi connectivity index (χ4n) is 1.83. The average molecular weight is 231 g/mol. The molecule has 4 nitrogen and oxygen atoms in total. The number of carbonyl (C=O) groups is 1. The molecule has 0 aromatic rings. The highest BCUT2D eigenvalue weighted by atomic mass is 16.5. The van der Waals surface area contributed by atoms with Crippen molar-refractivity contribution in [1.82, 2.24) is 0 Å². The van der Waals surface area contributed by atoms with E-state index < -0.39 is 11.5 Å². The minimum atomic E-state index is -0.769. The van der Waals surface area contributed by atoms with Gasteiger partial charge in [-0.15, -0.1) is 0 Å². The van der Waals surface area contributed by atoms with Crippen LogP contribution in [0.25, 0.3) is 0 Å². The molecule has 0 saturated heterocycles. The molecule has 96 valence electrons. The maximum atomic E-state index is 11.8. The lowest BCUT2D eigenvalue weighted by atomic mass is 9.76. The van der Waals surface area contributed by atoms with Crippen LogP contribution in [0, 0.1) is 10.8 Å². The summed E-state index contributed by atoms with van der Waals surface area (Å²) in [5.74, 6) is -0.282. The minimum absolute atomic E-state index is 0.0249. The van der Waals surface area contributed by atoms with Crippen molar-refractivity contribution in [2.45, 2.75) is 47.1 Å². The Morgan fingerprint density at radius 3 is 2.19 bits per heavy atom. The summed E-state index contributed by atoms with van der Waals surface area (Å²) in [5, 5.41) is 9.20. The summed E-state index contributed by atoms with van der Waals surface area (Å²) in [5.41, 5.74) is 4.76. The van der Waals surface area contributed by atoms with Crippen LogP contribution in [0.4, 0.5) is 0 Å². The summed E-state index contributed by atoms with van der Waals surface area (Å²) in [7, 11) is 0. The Bertz CT molecular complexity index is 231. The molecule has 0 aliphatic rings. The average Bonchev–Trinajstić information content (AvgIpc) is 2.09. The van der Waals surface area contributed by atoms with Crippen LogP contribution in [0.1, 0.15) is 41.0 Å². The van der Waals surface area contributed by atoms with E-state index in [9.17, 15) is 9.90 Å². The van der Waals surface area contributed by atoms with E-state index in [1.165, 1.54) is 0 Å². The van der Waals surface area contributed by atoms with Gasteiger partial charge in [0, 0.05) is 6.54 Å². The van der Waals surface area contributed by atoms with Crippen molar-refractivity contribution < 1.29 is 14.6 Å². The van der Waals surface area contributed by atoms with Crippen molar-refractivity contribution in [1.29, 1.82) is 0 Å². The first-order chi connectivity index (χ1) is 7.08. The van der Waals surface area contributed by atoms with Gasteiger partial charge in [0.25, 0.3) is 0 Å². The lowest BCUT2D eigenvalue weighted by Crippen LogP contribution is -2.34. The Balaban J connectivity index is 4.25. The smallest absolute Gasteiger partial charge is 0.311 e. The second-order valence-corrected chi connectivity index (χ2v) is 6.11. The molecule has 0 saturated carbocycles. The van der Waals surface area contributed by atoms with Gasteiger partial charge in [-0.1, -0.05) is 20.8 Å². The first-order valence-corrected chi connectivity index (χ1v) is 5.64. The summed E-state index contributed by atoms with van der Waals surface area (Å²) < 4.78 is 5.04. The summed E-state index contributed by atoms with van der Waals surface area (Å²) in [4.78, 5) is 11.8. The van der Waals surface area contributed by atoms with E-state index in [1.807, 2.05) is 13.8 Å². The molecular weight excluding hydrogens is 206 g/mol. The summed E-state index contributed by atoms with van der Waals surface area (Å²) in [6, 6.07) is 0. The Morgan fingerprint density at radius 1 is 1.31 bits per heavy atom. The molecule has 0 aliphatic heterocycles. The zero-order chi connectivity index (χ0) is 13.0. The molecule has 0 spiro atoms. The fraction of sp³-hybridized carbons (Fsp3) is 0.917. The molecule has 4 heteroatoms. The number of rotatable bonds is 5. The number of carbonyl (C=O) groups excluding carboxylic acids is 1. The van der Waals surface area contributed by atoms with Crippen LogP contribution < -0.4 is 5.73 Å². The topological polar surface area (TPSA) is 72.5 Å². The monoisotopic (exact) mass is 231 g/mol. The summed E-state index contributed by atoms with van der Waals surface area (Å²) >= 11 is 0. The number of esters is 1. The van der Waals surface area contributed by atoms with Crippen molar-refractivity contribution in [3.63, 3.8) is 0 Å². The van der Waals surface area contributed by atoms with Crippen molar-refractivity contribution >= 4 is 5.97 Å². The van der Waals surface area contributed by atoms with Crippen molar-refractivity contribution in [3.8, 4) is 0 Å². The van der Waals surface area contributed by atoms with Crippen LogP contribution >= 0.6 is 0 Å². The standard InChI is InChI=1S/C12H25NO3/c1-11(2,3)8-12(4,5)10(15)16-7-9(14)6-13/h9,14H,6-8,13H2,1-5H3. The van der Waals surface area contributed by atoms with Gasteiger partial charge in [0.2, 0.25) is 0 Å². The van der Waals surface area contributed by atoms with Crippen LogP contribution in [-0.2, 0) is 9.53 Å². The Kier molecular flexibility index (Phi) is 5.42. The van der Waals surface area contributed by atoms with E-state index in [1.54, 1.807) is 0 Å². The molecule has 1 unspecified atom stereocenters. The second kappa shape index (κ2) is 5.64.